The molecule has 7 nitrogen and oxygen atoms in total. The highest BCUT2D eigenvalue weighted by Gasteiger charge is 2.43. The topological polar surface area (TPSA) is 70.2 Å². The SMILES string of the molecule is COc1ccc(N2C(=O)CC(N3CCN(C(=O)c4ccccc4)CC3)C2=O)cc1. The van der Waals surface area contributed by atoms with Gasteiger partial charge in [-0.15, -0.1) is 0 Å². The maximum Gasteiger partial charge on any atom is 0.253 e. The number of nitrogens with zero attached hydrogens (tertiary/aromatic N) is 3. The third kappa shape index (κ3) is 3.73. The van der Waals surface area contributed by atoms with Crippen LogP contribution in [-0.4, -0.2) is 66.9 Å². The molecule has 2 aromatic rings. The molecule has 0 aromatic heterocycles. The van der Waals surface area contributed by atoms with E-state index in [1.807, 2.05) is 23.1 Å². The van der Waals surface area contributed by atoms with E-state index in [9.17, 15) is 14.4 Å². The van der Waals surface area contributed by atoms with Gasteiger partial charge in [-0.3, -0.25) is 19.3 Å². The van der Waals surface area contributed by atoms with Gasteiger partial charge in [-0.1, -0.05) is 18.2 Å². The lowest BCUT2D eigenvalue weighted by molar-refractivity contribution is -0.123. The zero-order valence-electron chi connectivity index (χ0n) is 16.3. The molecule has 3 amide bonds. The second-order valence-corrected chi connectivity index (χ2v) is 7.18. The second-order valence-electron chi connectivity index (χ2n) is 7.18. The van der Waals surface area contributed by atoms with Crippen LogP contribution in [0.25, 0.3) is 0 Å². The fourth-order valence-corrected chi connectivity index (χ4v) is 3.90. The lowest BCUT2D eigenvalue weighted by Crippen LogP contribution is -2.53. The number of carbonyl (C=O) groups is 3. The molecule has 7 heteroatoms. The summed E-state index contributed by atoms with van der Waals surface area (Å²) in [7, 11) is 1.57. The van der Waals surface area contributed by atoms with Gasteiger partial charge in [-0.05, 0) is 36.4 Å². The van der Waals surface area contributed by atoms with Gasteiger partial charge in [0.05, 0.1) is 25.3 Å². The largest absolute Gasteiger partial charge is 0.497 e. The number of piperazine rings is 1. The minimum Gasteiger partial charge on any atom is -0.497 e. The van der Waals surface area contributed by atoms with Crippen molar-refractivity contribution in [2.75, 3.05) is 38.2 Å². The fourth-order valence-electron chi connectivity index (χ4n) is 3.90. The third-order valence-electron chi connectivity index (χ3n) is 5.52. The molecule has 2 saturated heterocycles. The molecule has 2 aliphatic heterocycles. The summed E-state index contributed by atoms with van der Waals surface area (Å²) in [6.45, 7) is 2.21. The van der Waals surface area contributed by atoms with E-state index in [2.05, 4.69) is 0 Å². The molecule has 2 fully saturated rings. The Labute approximate surface area is 169 Å². The molecule has 0 spiro atoms. The van der Waals surface area contributed by atoms with E-state index in [-0.39, 0.29) is 24.1 Å². The van der Waals surface area contributed by atoms with Crippen LogP contribution in [0.15, 0.2) is 54.6 Å². The Morgan fingerprint density at radius 2 is 1.59 bits per heavy atom. The normalized spacial score (nSPS) is 20.2. The Morgan fingerprint density at radius 3 is 2.21 bits per heavy atom. The van der Waals surface area contributed by atoms with Crippen molar-refractivity contribution in [1.29, 1.82) is 0 Å². The van der Waals surface area contributed by atoms with Crippen LogP contribution in [0.3, 0.4) is 0 Å². The Hall–Kier alpha value is -3.19. The number of rotatable bonds is 4. The average molecular weight is 393 g/mol. The first-order valence-electron chi connectivity index (χ1n) is 9.67. The zero-order chi connectivity index (χ0) is 20.4. The molecule has 0 radical (unpaired) electrons. The molecule has 1 unspecified atom stereocenters. The Morgan fingerprint density at radius 1 is 0.931 bits per heavy atom. The van der Waals surface area contributed by atoms with Gasteiger partial charge in [0.1, 0.15) is 5.75 Å². The first kappa shape index (κ1) is 19.1. The van der Waals surface area contributed by atoms with Crippen molar-refractivity contribution in [3.63, 3.8) is 0 Å². The third-order valence-corrected chi connectivity index (χ3v) is 5.52. The van der Waals surface area contributed by atoms with Crippen LogP contribution in [0, 0.1) is 0 Å². The van der Waals surface area contributed by atoms with Gasteiger partial charge in [0, 0.05) is 31.7 Å². The number of anilines is 1. The Balaban J connectivity index is 1.40. The number of methoxy groups -OCH3 is 1. The van der Waals surface area contributed by atoms with E-state index < -0.39 is 6.04 Å². The van der Waals surface area contributed by atoms with Crippen molar-refractivity contribution < 1.29 is 19.1 Å². The summed E-state index contributed by atoms with van der Waals surface area (Å²) in [5, 5.41) is 0. The molecule has 4 rings (SSSR count). The summed E-state index contributed by atoms with van der Waals surface area (Å²) < 4.78 is 5.13. The van der Waals surface area contributed by atoms with Crippen LogP contribution < -0.4 is 9.64 Å². The molecule has 2 heterocycles. The lowest BCUT2D eigenvalue weighted by Gasteiger charge is -2.37. The number of hydrogen-bond acceptors (Lipinski definition) is 5. The highest BCUT2D eigenvalue weighted by molar-refractivity contribution is 6.22. The van der Waals surface area contributed by atoms with E-state index in [1.165, 1.54) is 4.90 Å². The maximum atomic E-state index is 13.0. The fraction of sp³-hybridized carbons (Fsp3) is 0.318. The van der Waals surface area contributed by atoms with Crippen LogP contribution in [0.5, 0.6) is 5.75 Å². The smallest absolute Gasteiger partial charge is 0.253 e. The highest BCUT2D eigenvalue weighted by atomic mass is 16.5. The molecule has 0 aliphatic carbocycles. The summed E-state index contributed by atoms with van der Waals surface area (Å²) in [6.07, 6.45) is 0.164. The van der Waals surface area contributed by atoms with Crippen LogP contribution in [0.2, 0.25) is 0 Å². The Bertz CT molecular complexity index is 905. The molecular weight excluding hydrogens is 370 g/mol. The average Bonchev–Trinajstić information content (AvgIpc) is 3.08. The minimum absolute atomic E-state index is 0.000987. The summed E-state index contributed by atoms with van der Waals surface area (Å²) in [4.78, 5) is 43.2. The van der Waals surface area contributed by atoms with Gasteiger partial charge in [0.25, 0.3) is 11.8 Å². The van der Waals surface area contributed by atoms with Crippen molar-refractivity contribution >= 4 is 23.4 Å². The first-order chi connectivity index (χ1) is 14.1. The van der Waals surface area contributed by atoms with Crippen LogP contribution in [-0.2, 0) is 9.59 Å². The first-order valence-corrected chi connectivity index (χ1v) is 9.67. The van der Waals surface area contributed by atoms with Gasteiger partial charge in [0.2, 0.25) is 5.91 Å². The van der Waals surface area contributed by atoms with Gasteiger partial charge in [-0.2, -0.15) is 0 Å². The van der Waals surface area contributed by atoms with Crippen molar-refractivity contribution in [3.8, 4) is 5.75 Å². The summed E-state index contributed by atoms with van der Waals surface area (Å²) in [5.74, 6) is 0.262. The van der Waals surface area contributed by atoms with Crippen molar-refractivity contribution in [1.82, 2.24) is 9.80 Å². The molecule has 2 aromatic carbocycles. The molecule has 0 bridgehead atoms. The van der Waals surface area contributed by atoms with E-state index in [1.54, 1.807) is 48.4 Å². The molecule has 1 atom stereocenters. The number of hydrogen-bond donors (Lipinski definition) is 0. The summed E-state index contributed by atoms with van der Waals surface area (Å²) in [5.41, 5.74) is 1.22. The molecule has 29 heavy (non-hydrogen) atoms. The molecule has 0 N–H and O–H groups in total. The molecule has 2 aliphatic rings. The number of amides is 3. The van der Waals surface area contributed by atoms with Gasteiger partial charge < -0.3 is 9.64 Å². The van der Waals surface area contributed by atoms with Crippen molar-refractivity contribution in [2.24, 2.45) is 0 Å². The summed E-state index contributed by atoms with van der Waals surface area (Å²) in [6, 6.07) is 15.6. The van der Waals surface area contributed by atoms with Crippen LogP contribution in [0.1, 0.15) is 16.8 Å². The van der Waals surface area contributed by atoms with Gasteiger partial charge in [0.15, 0.2) is 0 Å². The predicted molar refractivity (Wildman–Crippen MR) is 108 cm³/mol. The molecule has 0 saturated carbocycles. The monoisotopic (exact) mass is 393 g/mol. The predicted octanol–water partition coefficient (Wildman–Crippen LogP) is 1.79. The van der Waals surface area contributed by atoms with Gasteiger partial charge in [-0.25, -0.2) is 4.90 Å². The van der Waals surface area contributed by atoms with Gasteiger partial charge >= 0.3 is 0 Å². The quantitative estimate of drug-likeness (QED) is 0.741. The van der Waals surface area contributed by atoms with E-state index >= 15 is 0 Å². The standard InChI is InChI=1S/C22H23N3O4/c1-29-18-9-7-17(8-10-18)25-20(26)15-19(22(25)28)23-11-13-24(14-12-23)21(27)16-5-3-2-4-6-16/h2-10,19H,11-15H2,1H3. The minimum atomic E-state index is -0.474. The van der Waals surface area contributed by atoms with Crippen molar-refractivity contribution in [3.05, 3.63) is 60.2 Å². The number of carbonyl (C=O) groups excluding carboxylic acids is 3. The van der Waals surface area contributed by atoms with E-state index in [0.29, 0.717) is 43.2 Å². The van der Waals surface area contributed by atoms with E-state index in [0.717, 1.165) is 0 Å². The Kier molecular flexibility index (Phi) is 5.31. The van der Waals surface area contributed by atoms with Crippen LogP contribution >= 0.6 is 0 Å². The number of imide groups is 1. The van der Waals surface area contributed by atoms with Crippen molar-refractivity contribution in [2.45, 2.75) is 12.5 Å². The van der Waals surface area contributed by atoms with E-state index in [4.69, 9.17) is 4.74 Å². The molecular formula is C22H23N3O4. The summed E-state index contributed by atoms with van der Waals surface area (Å²) >= 11 is 0. The van der Waals surface area contributed by atoms with Crippen LogP contribution in [0.4, 0.5) is 5.69 Å². The molecule has 150 valence electrons. The number of benzene rings is 2. The number of ether oxygens (including phenoxy) is 1. The zero-order valence-corrected chi connectivity index (χ0v) is 16.3. The second kappa shape index (κ2) is 8.05. The highest BCUT2D eigenvalue weighted by Crippen LogP contribution is 2.28. The maximum absolute atomic E-state index is 13.0. The lowest BCUT2D eigenvalue weighted by atomic mass is 10.1.